The average molecular weight is 348 g/mol. The van der Waals surface area contributed by atoms with E-state index >= 15 is 0 Å². The van der Waals surface area contributed by atoms with Crippen LogP contribution in [0.4, 0.5) is 5.69 Å². The van der Waals surface area contributed by atoms with Crippen molar-refractivity contribution in [2.75, 3.05) is 5.32 Å². The normalized spacial score (nSPS) is 11.2. The van der Waals surface area contributed by atoms with Crippen LogP contribution in [0, 0.1) is 6.92 Å². The number of anilines is 1. The van der Waals surface area contributed by atoms with Gasteiger partial charge in [-0.1, -0.05) is 61.3 Å². The average Bonchev–Trinajstić information content (AvgIpc) is 2.50. The van der Waals surface area contributed by atoms with Crippen molar-refractivity contribution in [1.29, 1.82) is 0 Å². The molecule has 0 aliphatic carbocycles. The summed E-state index contributed by atoms with van der Waals surface area (Å²) in [7, 11) is 0. The van der Waals surface area contributed by atoms with Crippen molar-refractivity contribution in [2.24, 2.45) is 0 Å². The van der Waals surface area contributed by atoms with Gasteiger partial charge in [0, 0.05) is 11.8 Å². The zero-order valence-electron chi connectivity index (χ0n) is 13.4. The minimum atomic E-state index is -0.174. The summed E-state index contributed by atoms with van der Waals surface area (Å²) in [6, 6.07) is 11.3. The molecule has 0 aliphatic rings. The van der Waals surface area contributed by atoms with Gasteiger partial charge in [-0.25, -0.2) is 0 Å². The fourth-order valence-electron chi connectivity index (χ4n) is 2.30. The zero-order chi connectivity index (χ0) is 17.0. The van der Waals surface area contributed by atoms with Crippen molar-refractivity contribution in [3.63, 3.8) is 0 Å². The molecule has 0 fully saturated rings. The van der Waals surface area contributed by atoms with Crippen LogP contribution in [0.25, 0.3) is 6.08 Å². The highest BCUT2D eigenvalue weighted by molar-refractivity contribution is 6.42. The molecule has 1 N–H and O–H groups in total. The highest BCUT2D eigenvalue weighted by Crippen LogP contribution is 2.27. The summed E-state index contributed by atoms with van der Waals surface area (Å²) in [4.78, 5) is 12.2. The van der Waals surface area contributed by atoms with Crippen LogP contribution < -0.4 is 5.32 Å². The van der Waals surface area contributed by atoms with Crippen molar-refractivity contribution in [3.8, 4) is 0 Å². The fraction of sp³-hybridized carbons (Fsp3) is 0.211. The summed E-state index contributed by atoms with van der Waals surface area (Å²) in [6.45, 7) is 6.20. The van der Waals surface area contributed by atoms with Crippen molar-refractivity contribution < 1.29 is 4.79 Å². The number of carbonyl (C=O) groups is 1. The second-order valence-corrected chi connectivity index (χ2v) is 6.50. The number of aryl methyl sites for hydroxylation is 1. The number of nitrogens with one attached hydrogen (secondary N) is 1. The molecule has 23 heavy (non-hydrogen) atoms. The number of amides is 1. The van der Waals surface area contributed by atoms with E-state index in [1.807, 2.05) is 31.2 Å². The quantitative estimate of drug-likeness (QED) is 0.667. The lowest BCUT2D eigenvalue weighted by atomic mass is 9.98. The molecule has 0 aliphatic heterocycles. The Bertz CT molecular complexity index is 751. The van der Waals surface area contributed by atoms with Gasteiger partial charge in [-0.3, -0.25) is 4.79 Å². The number of rotatable bonds is 4. The first-order valence-electron chi connectivity index (χ1n) is 7.42. The predicted molar refractivity (Wildman–Crippen MR) is 99.4 cm³/mol. The Hall–Kier alpha value is -1.77. The van der Waals surface area contributed by atoms with Crippen LogP contribution >= 0.6 is 23.2 Å². The SMILES string of the molecule is Cc1cccc(C(C)C)c1NC(=O)C=Cc1ccc(Cl)c(Cl)c1. The molecular weight excluding hydrogens is 329 g/mol. The van der Waals surface area contributed by atoms with Crippen LogP contribution in [0.2, 0.25) is 10.0 Å². The summed E-state index contributed by atoms with van der Waals surface area (Å²) in [5, 5.41) is 3.93. The van der Waals surface area contributed by atoms with Gasteiger partial charge < -0.3 is 5.32 Å². The van der Waals surface area contributed by atoms with E-state index in [2.05, 4.69) is 19.2 Å². The molecule has 0 aromatic heterocycles. The molecule has 2 rings (SSSR count). The third kappa shape index (κ3) is 4.60. The molecule has 0 unspecified atom stereocenters. The Morgan fingerprint density at radius 2 is 1.87 bits per heavy atom. The van der Waals surface area contributed by atoms with Crippen LogP contribution in [0.5, 0.6) is 0 Å². The first-order valence-corrected chi connectivity index (χ1v) is 8.17. The van der Waals surface area contributed by atoms with Crippen molar-refractivity contribution in [3.05, 3.63) is 69.2 Å². The molecule has 120 valence electrons. The molecular formula is C19H19Cl2NO. The number of halogens is 2. The highest BCUT2D eigenvalue weighted by atomic mass is 35.5. The van der Waals surface area contributed by atoms with Crippen LogP contribution in [0.15, 0.2) is 42.5 Å². The van der Waals surface area contributed by atoms with Gasteiger partial charge in [0.15, 0.2) is 0 Å². The van der Waals surface area contributed by atoms with Gasteiger partial charge in [0.25, 0.3) is 0 Å². The van der Waals surface area contributed by atoms with Gasteiger partial charge in [0.1, 0.15) is 0 Å². The molecule has 1 amide bonds. The minimum absolute atomic E-state index is 0.174. The molecule has 4 heteroatoms. The first-order chi connectivity index (χ1) is 10.9. The standard InChI is InChI=1S/C19H19Cl2NO/c1-12(2)15-6-4-5-13(3)19(15)22-18(23)10-8-14-7-9-16(20)17(21)11-14/h4-12H,1-3H3,(H,22,23). The van der Waals surface area contributed by atoms with E-state index in [4.69, 9.17) is 23.2 Å². The third-order valence-corrected chi connectivity index (χ3v) is 4.29. The number of para-hydroxylation sites is 1. The molecule has 0 heterocycles. The Morgan fingerprint density at radius 1 is 1.13 bits per heavy atom. The predicted octanol–water partition coefficient (Wildman–Crippen LogP) is 6.08. The summed E-state index contributed by atoms with van der Waals surface area (Å²) in [6.07, 6.45) is 3.21. The molecule has 0 spiro atoms. The molecule has 2 aromatic carbocycles. The Morgan fingerprint density at radius 3 is 2.52 bits per heavy atom. The van der Waals surface area contributed by atoms with E-state index in [0.717, 1.165) is 22.4 Å². The molecule has 2 nitrogen and oxygen atoms in total. The van der Waals surface area contributed by atoms with Gasteiger partial charge in [0.05, 0.1) is 10.0 Å². The van der Waals surface area contributed by atoms with Crippen LogP contribution in [-0.4, -0.2) is 5.91 Å². The van der Waals surface area contributed by atoms with Gasteiger partial charge in [-0.15, -0.1) is 0 Å². The second-order valence-electron chi connectivity index (χ2n) is 5.69. The number of hydrogen-bond acceptors (Lipinski definition) is 1. The highest BCUT2D eigenvalue weighted by Gasteiger charge is 2.10. The number of hydrogen-bond donors (Lipinski definition) is 1. The maximum Gasteiger partial charge on any atom is 0.248 e. The van der Waals surface area contributed by atoms with E-state index in [1.165, 1.54) is 6.08 Å². The molecule has 0 bridgehead atoms. The molecule has 0 saturated heterocycles. The van der Waals surface area contributed by atoms with E-state index in [0.29, 0.717) is 16.0 Å². The maximum absolute atomic E-state index is 12.2. The fourth-order valence-corrected chi connectivity index (χ4v) is 2.60. The lowest BCUT2D eigenvalue weighted by Crippen LogP contribution is -2.11. The topological polar surface area (TPSA) is 29.1 Å². The Kier molecular flexibility index (Phi) is 5.86. The first kappa shape index (κ1) is 17.6. The second kappa shape index (κ2) is 7.67. The van der Waals surface area contributed by atoms with Crippen molar-refractivity contribution in [2.45, 2.75) is 26.7 Å². The summed E-state index contributed by atoms with van der Waals surface area (Å²) in [5.74, 6) is 0.163. The van der Waals surface area contributed by atoms with E-state index in [-0.39, 0.29) is 5.91 Å². The van der Waals surface area contributed by atoms with Crippen molar-refractivity contribution >= 4 is 40.9 Å². The number of carbonyl (C=O) groups excluding carboxylic acids is 1. The van der Waals surface area contributed by atoms with Crippen LogP contribution in [0.3, 0.4) is 0 Å². The Labute approximate surface area is 147 Å². The van der Waals surface area contributed by atoms with Crippen LogP contribution in [0.1, 0.15) is 36.5 Å². The largest absolute Gasteiger partial charge is 0.322 e. The van der Waals surface area contributed by atoms with Crippen molar-refractivity contribution in [1.82, 2.24) is 0 Å². The lowest BCUT2D eigenvalue weighted by molar-refractivity contribution is -0.111. The van der Waals surface area contributed by atoms with E-state index < -0.39 is 0 Å². The van der Waals surface area contributed by atoms with E-state index in [1.54, 1.807) is 18.2 Å². The summed E-state index contributed by atoms with van der Waals surface area (Å²) in [5.41, 5.74) is 3.88. The Balaban J connectivity index is 2.17. The minimum Gasteiger partial charge on any atom is -0.322 e. The third-order valence-electron chi connectivity index (χ3n) is 3.55. The lowest BCUT2D eigenvalue weighted by Gasteiger charge is -2.15. The molecule has 0 atom stereocenters. The van der Waals surface area contributed by atoms with Crippen LogP contribution in [-0.2, 0) is 4.79 Å². The van der Waals surface area contributed by atoms with Gasteiger partial charge >= 0.3 is 0 Å². The smallest absolute Gasteiger partial charge is 0.248 e. The zero-order valence-corrected chi connectivity index (χ0v) is 14.9. The number of benzene rings is 2. The maximum atomic E-state index is 12.2. The molecule has 0 saturated carbocycles. The van der Waals surface area contributed by atoms with E-state index in [9.17, 15) is 4.79 Å². The summed E-state index contributed by atoms with van der Waals surface area (Å²) < 4.78 is 0. The monoisotopic (exact) mass is 347 g/mol. The molecule has 2 aromatic rings. The molecule has 0 radical (unpaired) electrons. The van der Waals surface area contributed by atoms with Gasteiger partial charge in [0.2, 0.25) is 5.91 Å². The van der Waals surface area contributed by atoms with Gasteiger partial charge in [-0.2, -0.15) is 0 Å². The van der Waals surface area contributed by atoms with Gasteiger partial charge in [-0.05, 0) is 47.7 Å². The summed E-state index contributed by atoms with van der Waals surface area (Å²) >= 11 is 11.8.